The number of nitrogens with one attached hydrogen (secondary N) is 1. The first-order valence-electron chi connectivity index (χ1n) is 8.25. The van der Waals surface area contributed by atoms with E-state index in [1.165, 1.54) is 5.56 Å². The molecule has 24 heavy (non-hydrogen) atoms. The van der Waals surface area contributed by atoms with Gasteiger partial charge in [0.1, 0.15) is 11.5 Å². The van der Waals surface area contributed by atoms with Crippen LogP contribution in [0.5, 0.6) is 11.5 Å². The van der Waals surface area contributed by atoms with Crippen molar-refractivity contribution in [1.29, 1.82) is 0 Å². The van der Waals surface area contributed by atoms with Crippen molar-refractivity contribution in [2.75, 3.05) is 19.0 Å². The summed E-state index contributed by atoms with van der Waals surface area (Å²) in [5.41, 5.74) is 1.98. The Balaban J connectivity index is 1.73. The monoisotopic (exact) mass is 327 g/mol. The summed E-state index contributed by atoms with van der Waals surface area (Å²) in [6.45, 7) is 4.84. The van der Waals surface area contributed by atoms with E-state index in [-0.39, 0.29) is 5.91 Å². The second kappa shape index (κ2) is 8.96. The molecule has 0 radical (unpaired) electrons. The highest BCUT2D eigenvalue weighted by molar-refractivity contribution is 5.92. The average molecular weight is 327 g/mol. The van der Waals surface area contributed by atoms with Gasteiger partial charge in [-0.2, -0.15) is 0 Å². The van der Waals surface area contributed by atoms with Gasteiger partial charge in [0.05, 0.1) is 19.4 Å². The van der Waals surface area contributed by atoms with Crippen LogP contribution in [0.2, 0.25) is 0 Å². The van der Waals surface area contributed by atoms with Crippen LogP contribution < -0.4 is 14.8 Å². The number of anilines is 1. The SMILES string of the molecule is COc1ccccc1NC(=O)CCCOc1ccc(C(C)C)cc1. The number of benzene rings is 2. The number of hydrogen-bond donors (Lipinski definition) is 1. The zero-order valence-electron chi connectivity index (χ0n) is 14.5. The van der Waals surface area contributed by atoms with Crippen molar-refractivity contribution in [1.82, 2.24) is 0 Å². The van der Waals surface area contributed by atoms with E-state index in [0.29, 0.717) is 36.8 Å². The van der Waals surface area contributed by atoms with Crippen LogP contribution in [0.15, 0.2) is 48.5 Å². The standard InChI is InChI=1S/C20H25NO3/c1-15(2)16-10-12-17(13-11-16)24-14-6-9-20(22)21-18-7-4-5-8-19(18)23-3/h4-5,7-8,10-13,15H,6,9,14H2,1-3H3,(H,21,22). The van der Waals surface area contributed by atoms with Crippen LogP contribution in [0.1, 0.15) is 38.2 Å². The molecule has 1 N–H and O–H groups in total. The van der Waals surface area contributed by atoms with Crippen LogP contribution >= 0.6 is 0 Å². The van der Waals surface area contributed by atoms with E-state index in [0.717, 1.165) is 5.75 Å². The van der Waals surface area contributed by atoms with Crippen LogP contribution in [0.25, 0.3) is 0 Å². The second-order valence-corrected chi connectivity index (χ2v) is 5.92. The van der Waals surface area contributed by atoms with Gasteiger partial charge in [0, 0.05) is 6.42 Å². The lowest BCUT2D eigenvalue weighted by Gasteiger charge is -2.10. The van der Waals surface area contributed by atoms with Gasteiger partial charge in [-0.1, -0.05) is 38.1 Å². The van der Waals surface area contributed by atoms with Gasteiger partial charge in [-0.3, -0.25) is 4.79 Å². The van der Waals surface area contributed by atoms with Gasteiger partial charge in [-0.25, -0.2) is 0 Å². The molecule has 4 nitrogen and oxygen atoms in total. The molecule has 0 heterocycles. The van der Waals surface area contributed by atoms with Crippen molar-refractivity contribution >= 4 is 11.6 Å². The molecule has 0 aliphatic rings. The van der Waals surface area contributed by atoms with Crippen molar-refractivity contribution in [2.24, 2.45) is 0 Å². The van der Waals surface area contributed by atoms with E-state index >= 15 is 0 Å². The van der Waals surface area contributed by atoms with Crippen LogP contribution in [0, 0.1) is 0 Å². The normalized spacial score (nSPS) is 10.5. The number of ether oxygens (including phenoxy) is 2. The van der Waals surface area contributed by atoms with Crippen molar-refractivity contribution in [3.63, 3.8) is 0 Å². The third kappa shape index (κ3) is 5.30. The molecule has 0 spiro atoms. The molecule has 4 heteroatoms. The van der Waals surface area contributed by atoms with Gasteiger partial charge in [0.2, 0.25) is 5.91 Å². The largest absolute Gasteiger partial charge is 0.495 e. The van der Waals surface area contributed by atoms with Gasteiger partial charge >= 0.3 is 0 Å². The predicted molar refractivity (Wildman–Crippen MR) is 96.9 cm³/mol. The van der Waals surface area contributed by atoms with Crippen LogP contribution in [-0.2, 0) is 4.79 Å². The van der Waals surface area contributed by atoms with Gasteiger partial charge in [-0.05, 0) is 42.2 Å². The fraction of sp³-hybridized carbons (Fsp3) is 0.350. The maximum absolute atomic E-state index is 12.0. The fourth-order valence-electron chi connectivity index (χ4n) is 2.33. The average Bonchev–Trinajstić information content (AvgIpc) is 2.59. The maximum Gasteiger partial charge on any atom is 0.224 e. The molecule has 128 valence electrons. The topological polar surface area (TPSA) is 47.6 Å². The van der Waals surface area contributed by atoms with Crippen LogP contribution in [0.4, 0.5) is 5.69 Å². The first-order valence-corrected chi connectivity index (χ1v) is 8.25. The molecule has 0 saturated heterocycles. The summed E-state index contributed by atoms with van der Waals surface area (Å²) >= 11 is 0. The molecule has 0 aliphatic carbocycles. The molecule has 2 aromatic carbocycles. The van der Waals surface area contributed by atoms with E-state index in [2.05, 4.69) is 31.3 Å². The third-order valence-corrected chi connectivity index (χ3v) is 3.74. The first kappa shape index (κ1) is 17.9. The number of hydrogen-bond acceptors (Lipinski definition) is 3. The van der Waals surface area contributed by atoms with E-state index in [4.69, 9.17) is 9.47 Å². The minimum Gasteiger partial charge on any atom is -0.495 e. The maximum atomic E-state index is 12.0. The van der Waals surface area contributed by atoms with Gasteiger partial charge in [0.15, 0.2) is 0 Å². The number of para-hydroxylation sites is 2. The molecule has 1 amide bonds. The number of carbonyl (C=O) groups excluding carboxylic acids is 1. The lowest BCUT2D eigenvalue weighted by atomic mass is 10.0. The van der Waals surface area contributed by atoms with Crippen molar-refractivity contribution in [3.05, 3.63) is 54.1 Å². The summed E-state index contributed by atoms with van der Waals surface area (Å²) in [7, 11) is 1.59. The van der Waals surface area contributed by atoms with Gasteiger partial charge in [-0.15, -0.1) is 0 Å². The Morgan fingerprint density at radius 2 is 1.79 bits per heavy atom. The highest BCUT2D eigenvalue weighted by atomic mass is 16.5. The molecule has 0 aliphatic heterocycles. The fourth-order valence-corrected chi connectivity index (χ4v) is 2.33. The molecule has 0 bridgehead atoms. The Bertz CT molecular complexity index is 650. The smallest absolute Gasteiger partial charge is 0.224 e. The number of rotatable bonds is 8. The number of amides is 1. The zero-order valence-corrected chi connectivity index (χ0v) is 14.5. The zero-order chi connectivity index (χ0) is 17.4. The van der Waals surface area contributed by atoms with Gasteiger partial charge in [0.25, 0.3) is 0 Å². The third-order valence-electron chi connectivity index (χ3n) is 3.74. The van der Waals surface area contributed by atoms with Crippen molar-refractivity contribution < 1.29 is 14.3 Å². The summed E-state index contributed by atoms with van der Waals surface area (Å²) in [4.78, 5) is 12.0. The number of carbonyl (C=O) groups is 1. The molecule has 2 rings (SSSR count). The highest BCUT2D eigenvalue weighted by Gasteiger charge is 2.07. The Morgan fingerprint density at radius 3 is 2.46 bits per heavy atom. The Hall–Kier alpha value is -2.49. The van der Waals surface area contributed by atoms with Crippen molar-refractivity contribution in [3.8, 4) is 11.5 Å². The summed E-state index contributed by atoms with van der Waals surface area (Å²) in [6, 6.07) is 15.5. The minimum absolute atomic E-state index is 0.0433. The molecule has 2 aromatic rings. The molecule has 0 saturated carbocycles. The Kier molecular flexibility index (Phi) is 6.67. The summed E-state index contributed by atoms with van der Waals surface area (Å²) in [5.74, 6) is 1.97. The van der Waals surface area contributed by atoms with E-state index in [1.54, 1.807) is 7.11 Å². The molecular formula is C20H25NO3. The highest BCUT2D eigenvalue weighted by Crippen LogP contribution is 2.23. The predicted octanol–water partition coefficient (Wildman–Crippen LogP) is 4.62. The van der Waals surface area contributed by atoms with Crippen LogP contribution in [0.3, 0.4) is 0 Å². The van der Waals surface area contributed by atoms with Crippen LogP contribution in [-0.4, -0.2) is 19.6 Å². The molecule has 0 unspecified atom stereocenters. The van der Waals surface area contributed by atoms with Crippen molar-refractivity contribution in [2.45, 2.75) is 32.6 Å². The summed E-state index contributed by atoms with van der Waals surface area (Å²) in [5, 5.41) is 2.86. The first-order chi connectivity index (χ1) is 11.6. The summed E-state index contributed by atoms with van der Waals surface area (Å²) in [6.07, 6.45) is 1.06. The van der Waals surface area contributed by atoms with E-state index < -0.39 is 0 Å². The Labute approximate surface area is 143 Å². The van der Waals surface area contributed by atoms with Gasteiger partial charge < -0.3 is 14.8 Å². The summed E-state index contributed by atoms with van der Waals surface area (Å²) < 4.78 is 10.9. The van der Waals surface area contributed by atoms with E-state index in [1.807, 2.05) is 36.4 Å². The quantitative estimate of drug-likeness (QED) is 0.720. The molecule has 0 fully saturated rings. The molecule has 0 aromatic heterocycles. The number of methoxy groups -OCH3 is 1. The lowest BCUT2D eigenvalue weighted by molar-refractivity contribution is -0.116. The van der Waals surface area contributed by atoms with E-state index in [9.17, 15) is 4.79 Å². The lowest BCUT2D eigenvalue weighted by Crippen LogP contribution is -2.13. The molecule has 0 atom stereocenters. The Morgan fingerprint density at radius 1 is 1.08 bits per heavy atom. The minimum atomic E-state index is -0.0433. The molecular weight excluding hydrogens is 302 g/mol. The second-order valence-electron chi connectivity index (χ2n) is 5.92.